The first-order chi connectivity index (χ1) is 10.1. The van der Waals surface area contributed by atoms with E-state index >= 15 is 0 Å². The van der Waals surface area contributed by atoms with Crippen molar-refractivity contribution in [3.05, 3.63) is 42.9 Å². The summed E-state index contributed by atoms with van der Waals surface area (Å²) in [6, 6.07) is 0. The van der Waals surface area contributed by atoms with Gasteiger partial charge in [-0.25, -0.2) is 9.59 Å². The second-order valence-corrected chi connectivity index (χ2v) is 4.20. The van der Waals surface area contributed by atoms with Gasteiger partial charge in [0.05, 0.1) is 31.9 Å². The van der Waals surface area contributed by atoms with Gasteiger partial charge in [-0.05, 0) is 0 Å². The Labute approximate surface area is 123 Å². The third kappa shape index (κ3) is 5.48. The van der Waals surface area contributed by atoms with E-state index in [-0.39, 0.29) is 18.1 Å². The number of methoxy groups -OCH3 is 1. The number of rotatable bonds is 6. The van der Waals surface area contributed by atoms with Crippen LogP contribution in [0.25, 0.3) is 0 Å². The maximum atomic E-state index is 12.0. The molecule has 1 aliphatic carbocycles. The molecule has 0 aromatic carbocycles. The molecule has 1 rings (SSSR count). The van der Waals surface area contributed by atoms with Crippen LogP contribution in [0.1, 0.15) is 6.92 Å². The van der Waals surface area contributed by atoms with Crippen LogP contribution in [0.15, 0.2) is 46.7 Å². The molecule has 0 aliphatic heterocycles. The first-order valence-electron chi connectivity index (χ1n) is 6.29. The van der Waals surface area contributed by atoms with Crippen molar-refractivity contribution in [1.82, 2.24) is 0 Å². The van der Waals surface area contributed by atoms with Gasteiger partial charge in [0.25, 0.3) is 0 Å². The zero-order valence-corrected chi connectivity index (χ0v) is 12.0. The lowest BCUT2D eigenvalue weighted by Crippen LogP contribution is -2.18. The fourth-order valence-corrected chi connectivity index (χ4v) is 1.28. The maximum Gasteiger partial charge on any atom is 0.398 e. The Bertz CT molecular complexity index is 530. The molecular formula is C15H17N2O4+. The molecule has 0 aromatic rings. The number of carbonyl (C=O) groups is 2. The summed E-state index contributed by atoms with van der Waals surface area (Å²) in [5.41, 5.74) is 0.588. The Morgan fingerprint density at radius 2 is 2.29 bits per heavy atom. The lowest BCUT2D eigenvalue weighted by Gasteiger charge is -2.07. The van der Waals surface area contributed by atoms with E-state index in [4.69, 9.17) is 4.74 Å². The second-order valence-electron chi connectivity index (χ2n) is 4.20. The van der Waals surface area contributed by atoms with Gasteiger partial charge in [-0.3, -0.25) is 0 Å². The average molecular weight is 289 g/mol. The van der Waals surface area contributed by atoms with E-state index in [9.17, 15) is 9.59 Å². The SMILES string of the molecule is C=CC(C)COC(=O)C1=C[CH+]C=C/C1=N\N=CC(=O)OC. The number of ether oxygens (including phenoxy) is 2. The predicted molar refractivity (Wildman–Crippen MR) is 79.8 cm³/mol. The Morgan fingerprint density at radius 1 is 1.52 bits per heavy atom. The van der Waals surface area contributed by atoms with E-state index in [1.165, 1.54) is 7.11 Å². The summed E-state index contributed by atoms with van der Waals surface area (Å²) in [5, 5.41) is 7.38. The molecule has 1 unspecified atom stereocenters. The molecule has 0 aromatic heterocycles. The molecule has 0 bridgehead atoms. The first kappa shape index (κ1) is 16.4. The minimum atomic E-state index is -0.626. The van der Waals surface area contributed by atoms with Gasteiger partial charge in [-0.15, -0.1) is 16.8 Å². The number of hydrogen-bond acceptors (Lipinski definition) is 6. The molecule has 0 amide bonds. The molecule has 110 valence electrons. The summed E-state index contributed by atoms with van der Waals surface area (Å²) < 4.78 is 9.55. The highest BCUT2D eigenvalue weighted by atomic mass is 16.5. The predicted octanol–water partition coefficient (Wildman–Crippen LogP) is 1.65. The Balaban J connectivity index is 2.74. The van der Waals surface area contributed by atoms with Gasteiger partial charge in [0.2, 0.25) is 5.71 Å². The molecule has 0 N–H and O–H groups in total. The Kier molecular flexibility index (Phi) is 6.67. The van der Waals surface area contributed by atoms with Crippen LogP contribution in [0.4, 0.5) is 0 Å². The molecule has 1 atom stereocenters. The van der Waals surface area contributed by atoms with Crippen molar-refractivity contribution in [2.24, 2.45) is 16.1 Å². The van der Waals surface area contributed by atoms with Crippen molar-refractivity contribution < 1.29 is 19.1 Å². The molecule has 21 heavy (non-hydrogen) atoms. The molecule has 0 heterocycles. The smallest absolute Gasteiger partial charge is 0.398 e. The molecule has 6 nitrogen and oxygen atoms in total. The number of esters is 2. The van der Waals surface area contributed by atoms with Crippen LogP contribution >= 0.6 is 0 Å². The normalized spacial score (nSPS) is 17.0. The van der Waals surface area contributed by atoms with Crippen LogP contribution in [0.3, 0.4) is 0 Å². The van der Waals surface area contributed by atoms with Gasteiger partial charge < -0.3 is 9.47 Å². The van der Waals surface area contributed by atoms with E-state index in [0.29, 0.717) is 5.71 Å². The Morgan fingerprint density at radius 3 is 2.95 bits per heavy atom. The molecule has 6 heteroatoms. The largest absolute Gasteiger partial charge is 0.465 e. The van der Waals surface area contributed by atoms with Crippen LogP contribution in [-0.2, 0) is 19.1 Å². The summed E-state index contributed by atoms with van der Waals surface area (Å²) in [6.07, 6.45) is 9.19. The molecule has 0 spiro atoms. The van der Waals surface area contributed by atoms with Gasteiger partial charge in [-0.2, -0.15) is 0 Å². The molecule has 0 saturated carbocycles. The minimum absolute atomic E-state index is 0.0652. The third-order valence-corrected chi connectivity index (χ3v) is 2.53. The zero-order chi connectivity index (χ0) is 15.7. The van der Waals surface area contributed by atoms with Gasteiger partial charge in [-0.1, -0.05) is 13.0 Å². The van der Waals surface area contributed by atoms with Gasteiger partial charge >= 0.3 is 11.9 Å². The summed E-state index contributed by atoms with van der Waals surface area (Å²) in [6.45, 7) is 5.75. The van der Waals surface area contributed by atoms with Crippen LogP contribution in [0.2, 0.25) is 0 Å². The van der Waals surface area contributed by atoms with Crippen molar-refractivity contribution >= 4 is 23.9 Å². The number of nitrogens with zero attached hydrogens (tertiary/aromatic N) is 2. The van der Waals surface area contributed by atoms with Crippen molar-refractivity contribution in [1.29, 1.82) is 0 Å². The minimum Gasteiger partial charge on any atom is -0.465 e. The van der Waals surface area contributed by atoms with E-state index in [1.54, 1.807) is 30.7 Å². The fourth-order valence-electron chi connectivity index (χ4n) is 1.28. The molecular weight excluding hydrogens is 272 g/mol. The molecule has 0 saturated heterocycles. The van der Waals surface area contributed by atoms with E-state index in [1.807, 2.05) is 6.92 Å². The summed E-state index contributed by atoms with van der Waals surface area (Å²) >= 11 is 0. The summed E-state index contributed by atoms with van der Waals surface area (Å²) in [4.78, 5) is 22.9. The van der Waals surface area contributed by atoms with Gasteiger partial charge in [0, 0.05) is 12.3 Å². The molecule has 1 aliphatic rings. The van der Waals surface area contributed by atoms with Crippen molar-refractivity contribution in [3.8, 4) is 0 Å². The summed E-state index contributed by atoms with van der Waals surface area (Å²) in [5.74, 6) is -1.06. The van der Waals surface area contributed by atoms with Crippen LogP contribution in [0, 0.1) is 12.3 Å². The molecule has 0 fully saturated rings. The number of hydrogen-bond donors (Lipinski definition) is 0. The lowest BCUT2D eigenvalue weighted by atomic mass is 10.0. The van der Waals surface area contributed by atoms with Crippen molar-refractivity contribution in [2.45, 2.75) is 6.92 Å². The maximum absolute atomic E-state index is 12.0. The zero-order valence-electron chi connectivity index (χ0n) is 12.0. The van der Waals surface area contributed by atoms with Gasteiger partial charge in [0.15, 0.2) is 5.57 Å². The van der Waals surface area contributed by atoms with Crippen LogP contribution in [0.5, 0.6) is 0 Å². The highest BCUT2D eigenvalue weighted by molar-refractivity contribution is 6.26. The Hall–Kier alpha value is -2.63. The number of carbonyl (C=O) groups excluding carboxylic acids is 2. The monoisotopic (exact) mass is 289 g/mol. The van der Waals surface area contributed by atoms with E-state index < -0.39 is 11.9 Å². The highest BCUT2D eigenvalue weighted by Gasteiger charge is 2.26. The first-order valence-corrected chi connectivity index (χ1v) is 6.29. The average Bonchev–Trinajstić information content (AvgIpc) is 2.52. The van der Waals surface area contributed by atoms with E-state index in [0.717, 1.165) is 6.21 Å². The van der Waals surface area contributed by atoms with Crippen LogP contribution in [-0.4, -0.2) is 37.6 Å². The van der Waals surface area contributed by atoms with E-state index in [2.05, 4.69) is 21.5 Å². The molecule has 0 radical (unpaired) electrons. The quantitative estimate of drug-likeness (QED) is 0.245. The summed E-state index contributed by atoms with van der Waals surface area (Å²) in [7, 11) is 1.24. The third-order valence-electron chi connectivity index (χ3n) is 2.53. The van der Waals surface area contributed by atoms with Crippen molar-refractivity contribution in [3.63, 3.8) is 0 Å². The fraction of sp³-hybridized carbons (Fsp3) is 0.267. The van der Waals surface area contributed by atoms with Gasteiger partial charge in [0.1, 0.15) is 6.21 Å². The van der Waals surface area contributed by atoms with Crippen LogP contribution < -0.4 is 0 Å². The standard InChI is InChI=1S/C15H17N2O4/c1-4-11(2)10-21-15(19)12-7-5-6-8-13(12)17-16-9-14(18)20-3/h4-9,11H,1,10H2,2-3H3/q+1/b16-9?,17-13+. The number of allylic oxidation sites excluding steroid dienone is 3. The lowest BCUT2D eigenvalue weighted by molar-refractivity contribution is -0.139. The van der Waals surface area contributed by atoms with Crippen molar-refractivity contribution in [2.75, 3.05) is 13.7 Å². The highest BCUT2D eigenvalue weighted by Crippen LogP contribution is 2.12. The second kappa shape index (κ2) is 8.52. The topological polar surface area (TPSA) is 77.3 Å².